The molecule has 0 spiro atoms. The minimum absolute atomic E-state index is 0.0517. The van der Waals surface area contributed by atoms with Gasteiger partial charge in [-0.25, -0.2) is 0 Å². The van der Waals surface area contributed by atoms with Crippen LogP contribution in [0.25, 0.3) is 0 Å². The molecule has 3 fully saturated rings. The second kappa shape index (κ2) is 7.64. The molecule has 6 nitrogen and oxygen atoms in total. The summed E-state index contributed by atoms with van der Waals surface area (Å²) in [5.41, 5.74) is 0.310. The van der Waals surface area contributed by atoms with E-state index in [1.165, 1.54) is 0 Å². The van der Waals surface area contributed by atoms with Crippen molar-refractivity contribution in [2.75, 3.05) is 51.3 Å². The number of hydrogen-bond acceptors (Lipinski definition) is 4. The Hall–Kier alpha value is -2.24. The lowest BCUT2D eigenvalue weighted by atomic mass is 9.96. The van der Waals surface area contributed by atoms with Gasteiger partial charge in [0.05, 0.1) is 12.8 Å². The fourth-order valence-electron chi connectivity index (χ4n) is 4.50. The third-order valence-corrected chi connectivity index (χ3v) is 6.63. The van der Waals surface area contributed by atoms with Gasteiger partial charge in [0.25, 0.3) is 0 Å². The van der Waals surface area contributed by atoms with Crippen LogP contribution in [0.4, 0.5) is 5.69 Å². The van der Waals surface area contributed by atoms with Gasteiger partial charge < -0.3 is 19.4 Å². The van der Waals surface area contributed by atoms with E-state index in [4.69, 9.17) is 4.74 Å². The second-order valence-corrected chi connectivity index (χ2v) is 8.51. The zero-order chi connectivity index (χ0) is 19.7. The van der Waals surface area contributed by atoms with Crippen LogP contribution in [0.3, 0.4) is 0 Å². The van der Waals surface area contributed by atoms with Crippen molar-refractivity contribution in [2.24, 2.45) is 11.3 Å². The van der Waals surface area contributed by atoms with Gasteiger partial charge in [-0.3, -0.25) is 9.59 Å². The Balaban J connectivity index is 1.38. The number of carbonyl (C=O) groups excluding carboxylic acids is 2. The van der Waals surface area contributed by atoms with Gasteiger partial charge in [0.15, 0.2) is 0 Å². The number of methoxy groups -OCH3 is 1. The van der Waals surface area contributed by atoms with E-state index in [1.807, 2.05) is 28.0 Å². The molecule has 3 aliphatic rings. The maximum absolute atomic E-state index is 13.2. The van der Waals surface area contributed by atoms with E-state index >= 15 is 0 Å². The van der Waals surface area contributed by atoms with Crippen molar-refractivity contribution in [3.8, 4) is 5.75 Å². The first-order valence-electron chi connectivity index (χ1n) is 10.5. The smallest absolute Gasteiger partial charge is 0.238 e. The molecule has 0 N–H and O–H groups in total. The van der Waals surface area contributed by atoms with Crippen molar-refractivity contribution >= 4 is 17.5 Å². The van der Waals surface area contributed by atoms with E-state index in [9.17, 15) is 9.59 Å². The second-order valence-electron chi connectivity index (χ2n) is 8.51. The molecule has 2 amide bonds. The Morgan fingerprint density at radius 3 is 2.07 bits per heavy atom. The van der Waals surface area contributed by atoms with Gasteiger partial charge in [-0.15, -0.1) is 0 Å². The summed E-state index contributed by atoms with van der Waals surface area (Å²) in [6, 6.07) is 7.99. The highest BCUT2D eigenvalue weighted by Crippen LogP contribution is 2.49. The molecule has 1 aromatic rings. The summed E-state index contributed by atoms with van der Waals surface area (Å²) in [6.45, 7) is 6.68. The number of piperidine rings is 1. The van der Waals surface area contributed by atoms with Crippen molar-refractivity contribution in [2.45, 2.75) is 32.6 Å². The molecule has 0 aromatic heterocycles. The number of amides is 2. The number of likely N-dealkylation sites (tertiary alicyclic amines) is 1. The van der Waals surface area contributed by atoms with Crippen LogP contribution >= 0.6 is 0 Å². The highest BCUT2D eigenvalue weighted by Gasteiger charge is 2.59. The number of benzene rings is 1. The fraction of sp³-hybridized carbons (Fsp3) is 0.636. The molecule has 0 unspecified atom stereocenters. The number of para-hydroxylation sites is 2. The molecule has 1 saturated carbocycles. The summed E-state index contributed by atoms with van der Waals surface area (Å²) in [6.07, 6.45) is 3.52. The number of anilines is 1. The summed E-state index contributed by atoms with van der Waals surface area (Å²) in [7, 11) is 1.68. The molecular weight excluding hydrogens is 354 g/mol. The van der Waals surface area contributed by atoms with Crippen LogP contribution in [0.5, 0.6) is 5.75 Å². The molecular formula is C22H31N3O3. The van der Waals surface area contributed by atoms with Crippen LogP contribution in [0.2, 0.25) is 0 Å². The first-order chi connectivity index (χ1) is 13.5. The van der Waals surface area contributed by atoms with Gasteiger partial charge in [0, 0.05) is 39.3 Å². The van der Waals surface area contributed by atoms with Gasteiger partial charge in [-0.1, -0.05) is 19.1 Å². The molecule has 4 rings (SSSR count). The van der Waals surface area contributed by atoms with E-state index in [-0.39, 0.29) is 11.8 Å². The molecule has 2 heterocycles. The average Bonchev–Trinajstić information content (AvgIpc) is 3.55. The van der Waals surface area contributed by atoms with Gasteiger partial charge in [0.1, 0.15) is 11.2 Å². The molecule has 28 heavy (non-hydrogen) atoms. The maximum atomic E-state index is 13.2. The van der Waals surface area contributed by atoms with Crippen LogP contribution in [0.1, 0.15) is 32.6 Å². The summed E-state index contributed by atoms with van der Waals surface area (Å²) in [5, 5.41) is 0. The van der Waals surface area contributed by atoms with Crippen LogP contribution < -0.4 is 9.64 Å². The zero-order valence-corrected chi connectivity index (χ0v) is 17.0. The number of ether oxygens (including phenoxy) is 1. The van der Waals surface area contributed by atoms with Crippen molar-refractivity contribution in [1.29, 1.82) is 0 Å². The third-order valence-electron chi connectivity index (χ3n) is 6.63. The Bertz CT molecular complexity index is 730. The molecule has 6 heteroatoms. The number of rotatable bonds is 4. The molecule has 1 aliphatic carbocycles. The van der Waals surface area contributed by atoms with E-state index in [0.29, 0.717) is 31.8 Å². The predicted molar refractivity (Wildman–Crippen MR) is 108 cm³/mol. The van der Waals surface area contributed by atoms with E-state index in [1.54, 1.807) is 7.11 Å². The van der Waals surface area contributed by atoms with Crippen LogP contribution in [-0.4, -0.2) is 68.0 Å². The monoisotopic (exact) mass is 385 g/mol. The standard InChI is InChI=1S/C22H31N3O3/c1-17-7-11-24(12-8-17)20(26)22(9-10-22)21(27)25-15-13-23(14-16-25)18-5-3-4-6-19(18)28-2/h3-6,17H,7-16H2,1-2H3. The Kier molecular flexibility index (Phi) is 5.21. The normalized spacial score (nSPS) is 22.1. The van der Waals surface area contributed by atoms with Crippen molar-refractivity contribution in [3.05, 3.63) is 24.3 Å². The average molecular weight is 386 g/mol. The first kappa shape index (κ1) is 19.1. The minimum Gasteiger partial charge on any atom is -0.495 e. The van der Waals surface area contributed by atoms with Crippen molar-refractivity contribution in [1.82, 2.24) is 9.80 Å². The number of nitrogens with zero attached hydrogens (tertiary/aromatic N) is 3. The van der Waals surface area contributed by atoms with Crippen molar-refractivity contribution in [3.63, 3.8) is 0 Å². The topological polar surface area (TPSA) is 53.1 Å². The van der Waals surface area contributed by atoms with Gasteiger partial charge >= 0.3 is 0 Å². The summed E-state index contributed by atoms with van der Waals surface area (Å²) < 4.78 is 5.47. The first-order valence-corrected chi connectivity index (χ1v) is 10.5. The van der Waals surface area contributed by atoms with E-state index in [0.717, 1.165) is 50.5 Å². The molecule has 0 bridgehead atoms. The van der Waals surface area contributed by atoms with E-state index in [2.05, 4.69) is 17.9 Å². The number of hydrogen-bond donors (Lipinski definition) is 0. The van der Waals surface area contributed by atoms with Crippen LogP contribution in [0.15, 0.2) is 24.3 Å². The molecule has 1 aromatic carbocycles. The largest absolute Gasteiger partial charge is 0.495 e. The zero-order valence-electron chi connectivity index (χ0n) is 17.0. The minimum atomic E-state index is -0.757. The van der Waals surface area contributed by atoms with Gasteiger partial charge in [0.2, 0.25) is 11.8 Å². The lowest BCUT2D eigenvalue weighted by molar-refractivity contribution is -0.150. The summed E-state index contributed by atoms with van der Waals surface area (Å²) in [4.78, 5) is 32.4. The number of carbonyl (C=O) groups is 2. The molecule has 0 radical (unpaired) electrons. The predicted octanol–water partition coefficient (Wildman–Crippen LogP) is 2.38. The molecule has 2 saturated heterocycles. The lowest BCUT2D eigenvalue weighted by Crippen LogP contribution is -2.54. The van der Waals surface area contributed by atoms with Crippen LogP contribution in [-0.2, 0) is 9.59 Å². The van der Waals surface area contributed by atoms with Crippen LogP contribution in [0, 0.1) is 11.3 Å². The molecule has 152 valence electrons. The Morgan fingerprint density at radius 2 is 1.50 bits per heavy atom. The maximum Gasteiger partial charge on any atom is 0.238 e. The van der Waals surface area contributed by atoms with Crippen molar-refractivity contribution < 1.29 is 14.3 Å². The highest BCUT2D eigenvalue weighted by atomic mass is 16.5. The molecule has 2 aliphatic heterocycles. The van der Waals surface area contributed by atoms with Gasteiger partial charge in [-0.2, -0.15) is 0 Å². The summed E-state index contributed by atoms with van der Waals surface area (Å²) >= 11 is 0. The Labute approximate surface area is 167 Å². The number of piperazine rings is 1. The SMILES string of the molecule is COc1ccccc1N1CCN(C(=O)C2(C(=O)N3CCC(C)CC3)CC2)CC1. The summed E-state index contributed by atoms with van der Waals surface area (Å²) in [5.74, 6) is 1.67. The Morgan fingerprint density at radius 1 is 0.929 bits per heavy atom. The highest BCUT2D eigenvalue weighted by molar-refractivity contribution is 6.08. The molecule has 0 atom stereocenters. The lowest BCUT2D eigenvalue weighted by Gasteiger charge is -2.39. The van der Waals surface area contributed by atoms with E-state index < -0.39 is 5.41 Å². The fourth-order valence-corrected chi connectivity index (χ4v) is 4.50. The third kappa shape index (κ3) is 3.45. The van der Waals surface area contributed by atoms with Gasteiger partial charge in [-0.05, 0) is 43.7 Å². The quantitative estimate of drug-likeness (QED) is 0.747.